The molecule has 0 atom stereocenters. The number of aromatic nitrogens is 5. The molecular weight excluding hydrogens is 603 g/mol. The molecule has 0 aliphatic carbocycles. The summed E-state index contributed by atoms with van der Waals surface area (Å²) in [5.74, 6) is 0.702. The number of hydrogen-bond acceptors (Lipinski definition) is 10. The number of hydrogen-bond donors (Lipinski definition) is 2. The fourth-order valence-corrected chi connectivity index (χ4v) is 4.98. The summed E-state index contributed by atoms with van der Waals surface area (Å²) < 4.78 is 20.9. The highest BCUT2D eigenvalue weighted by molar-refractivity contribution is 6.00. The number of morpholine rings is 1. The van der Waals surface area contributed by atoms with E-state index < -0.39 is 11.8 Å². The van der Waals surface area contributed by atoms with Crippen molar-refractivity contribution in [3.8, 4) is 22.5 Å². The highest BCUT2D eigenvalue weighted by Gasteiger charge is 2.21. The van der Waals surface area contributed by atoms with Gasteiger partial charge in [-0.15, -0.1) is 0 Å². The molecule has 6 rings (SSSR count). The summed E-state index contributed by atoms with van der Waals surface area (Å²) >= 11 is 0. The van der Waals surface area contributed by atoms with Gasteiger partial charge in [-0.3, -0.25) is 9.78 Å². The van der Waals surface area contributed by atoms with Gasteiger partial charge in [0, 0.05) is 87.8 Å². The molecule has 3 amide bonds. The molecule has 1 aliphatic rings. The van der Waals surface area contributed by atoms with Gasteiger partial charge in [-0.25, -0.2) is 29.1 Å². The minimum atomic E-state index is -0.661. The van der Waals surface area contributed by atoms with Gasteiger partial charge in [0.05, 0.1) is 24.4 Å². The number of ether oxygens (including phenoxy) is 1. The van der Waals surface area contributed by atoms with Gasteiger partial charge in [0.1, 0.15) is 11.3 Å². The lowest BCUT2D eigenvalue weighted by atomic mass is 10.1. The number of anilines is 4. The van der Waals surface area contributed by atoms with Crippen molar-refractivity contribution in [2.75, 3.05) is 74.9 Å². The number of urea groups is 1. The molecule has 0 bridgehead atoms. The van der Waals surface area contributed by atoms with Crippen LogP contribution in [-0.4, -0.2) is 96.3 Å². The molecule has 2 aromatic carbocycles. The van der Waals surface area contributed by atoms with Gasteiger partial charge in [0.2, 0.25) is 5.95 Å². The van der Waals surface area contributed by atoms with Gasteiger partial charge in [0.15, 0.2) is 11.6 Å². The SMILES string of the molecule is CN(C)C(=O)c1ccc(NC(=O)Nc2ccc(-c3nc(N4CCOCC4)c4ncc(-c5cnc(N(C)C)nc5)cc4n3)cc2F)cc1. The zero-order chi connectivity index (χ0) is 33.1. The van der Waals surface area contributed by atoms with E-state index in [2.05, 4.69) is 25.5 Å². The van der Waals surface area contributed by atoms with E-state index in [1.807, 2.05) is 25.1 Å². The summed E-state index contributed by atoms with van der Waals surface area (Å²) in [6.45, 7) is 2.33. The first-order chi connectivity index (χ1) is 22.7. The van der Waals surface area contributed by atoms with Crippen LogP contribution >= 0.6 is 0 Å². The summed E-state index contributed by atoms with van der Waals surface area (Å²) in [5.41, 5.74) is 4.07. The monoisotopic (exact) mass is 636 g/mol. The van der Waals surface area contributed by atoms with Crippen LogP contribution in [0.1, 0.15) is 10.4 Å². The number of nitrogens with one attached hydrogen (secondary N) is 2. The fraction of sp³-hybridized carbons (Fsp3) is 0.242. The van der Waals surface area contributed by atoms with Gasteiger partial charge >= 0.3 is 6.03 Å². The molecule has 0 spiro atoms. The van der Waals surface area contributed by atoms with Crippen LogP contribution < -0.4 is 20.4 Å². The number of amides is 3. The molecule has 5 aromatic rings. The Labute approximate surface area is 270 Å². The van der Waals surface area contributed by atoms with Crippen LogP contribution in [-0.2, 0) is 4.74 Å². The molecule has 0 saturated carbocycles. The van der Waals surface area contributed by atoms with Crippen LogP contribution in [0, 0.1) is 5.82 Å². The highest BCUT2D eigenvalue weighted by atomic mass is 19.1. The molecule has 240 valence electrons. The molecule has 13 nitrogen and oxygen atoms in total. The van der Waals surface area contributed by atoms with Crippen molar-refractivity contribution in [3.05, 3.63) is 78.5 Å². The quantitative estimate of drug-likeness (QED) is 0.262. The van der Waals surface area contributed by atoms with Crippen molar-refractivity contribution >= 4 is 46.1 Å². The Kier molecular flexibility index (Phi) is 8.84. The zero-order valence-corrected chi connectivity index (χ0v) is 26.4. The number of nitrogens with zero attached hydrogens (tertiary/aromatic N) is 8. The predicted molar refractivity (Wildman–Crippen MR) is 178 cm³/mol. The molecule has 0 radical (unpaired) electrons. The van der Waals surface area contributed by atoms with Gasteiger partial charge < -0.3 is 30.1 Å². The Balaban J connectivity index is 1.27. The third-order valence-electron chi connectivity index (χ3n) is 7.47. The normalized spacial score (nSPS) is 12.9. The molecule has 4 heterocycles. The second-order valence-corrected chi connectivity index (χ2v) is 11.3. The summed E-state index contributed by atoms with van der Waals surface area (Å²) in [4.78, 5) is 53.3. The van der Waals surface area contributed by atoms with Crippen LogP contribution in [0.3, 0.4) is 0 Å². The number of carbonyl (C=O) groups excluding carboxylic acids is 2. The molecule has 0 unspecified atom stereocenters. The number of carbonyl (C=O) groups is 2. The van der Waals surface area contributed by atoms with Gasteiger partial charge in [-0.05, 0) is 48.5 Å². The molecule has 1 fully saturated rings. The Morgan fingerprint density at radius 2 is 1.53 bits per heavy atom. The molecular formula is C33H33FN10O3. The van der Waals surface area contributed by atoms with Crippen molar-refractivity contribution in [3.63, 3.8) is 0 Å². The summed E-state index contributed by atoms with van der Waals surface area (Å²) in [6, 6.07) is 12.1. The second-order valence-electron chi connectivity index (χ2n) is 11.3. The van der Waals surface area contributed by atoms with Gasteiger partial charge in [0.25, 0.3) is 5.91 Å². The number of fused-ring (bicyclic) bond motifs is 1. The maximum absolute atomic E-state index is 15.4. The number of benzene rings is 2. The standard InChI is InChI=1S/C33H33FN10O3/c1-42(2)31(45)20-5-8-24(9-6-20)38-33(46)40-26-10-7-21(15-25(26)34)29-39-27-16-22(23-18-36-32(37-19-23)43(3)4)17-35-28(27)30(41-29)44-11-13-47-14-12-44/h5-10,15-19H,11-14H2,1-4H3,(H2,38,40,46). The minimum absolute atomic E-state index is 0.0232. The van der Waals surface area contributed by atoms with Crippen LogP contribution in [0.4, 0.5) is 32.3 Å². The maximum atomic E-state index is 15.4. The Morgan fingerprint density at radius 3 is 2.19 bits per heavy atom. The number of rotatable bonds is 7. The van der Waals surface area contributed by atoms with Gasteiger partial charge in [-0.1, -0.05) is 0 Å². The molecule has 14 heteroatoms. The minimum Gasteiger partial charge on any atom is -0.378 e. The predicted octanol–water partition coefficient (Wildman–Crippen LogP) is 4.54. The van der Waals surface area contributed by atoms with Crippen molar-refractivity contribution < 1.29 is 18.7 Å². The molecule has 2 N–H and O–H groups in total. The van der Waals surface area contributed by atoms with Crippen LogP contribution in [0.5, 0.6) is 0 Å². The highest BCUT2D eigenvalue weighted by Crippen LogP contribution is 2.31. The lowest BCUT2D eigenvalue weighted by Crippen LogP contribution is -2.37. The van der Waals surface area contributed by atoms with Gasteiger partial charge in [-0.2, -0.15) is 0 Å². The average Bonchev–Trinajstić information content (AvgIpc) is 3.08. The topological polar surface area (TPSA) is 142 Å². The van der Waals surface area contributed by atoms with Crippen LogP contribution in [0.2, 0.25) is 0 Å². The summed E-state index contributed by atoms with van der Waals surface area (Å²) in [6.07, 6.45) is 5.20. The van der Waals surface area contributed by atoms with Crippen molar-refractivity contribution in [2.45, 2.75) is 0 Å². The van der Waals surface area contributed by atoms with E-state index in [1.165, 1.54) is 17.0 Å². The first kappa shape index (κ1) is 31.2. The largest absolute Gasteiger partial charge is 0.378 e. The van der Waals surface area contributed by atoms with E-state index in [4.69, 9.17) is 19.7 Å². The maximum Gasteiger partial charge on any atom is 0.323 e. The molecule has 3 aromatic heterocycles. The van der Waals surface area contributed by atoms with E-state index in [9.17, 15) is 9.59 Å². The molecule has 1 saturated heterocycles. The first-order valence-corrected chi connectivity index (χ1v) is 14.9. The molecule has 47 heavy (non-hydrogen) atoms. The summed E-state index contributed by atoms with van der Waals surface area (Å²) in [7, 11) is 7.06. The third-order valence-corrected chi connectivity index (χ3v) is 7.47. The Hall–Kier alpha value is -5.76. The lowest BCUT2D eigenvalue weighted by molar-refractivity contribution is 0.0827. The van der Waals surface area contributed by atoms with Crippen molar-refractivity contribution in [1.29, 1.82) is 0 Å². The van der Waals surface area contributed by atoms with Crippen LogP contribution in [0.15, 0.2) is 67.1 Å². The Morgan fingerprint density at radius 1 is 0.830 bits per heavy atom. The van der Waals surface area contributed by atoms with Crippen molar-refractivity contribution in [2.24, 2.45) is 0 Å². The lowest BCUT2D eigenvalue weighted by Gasteiger charge is -2.28. The Bertz CT molecular complexity index is 1930. The molecule has 1 aliphatic heterocycles. The third kappa shape index (κ3) is 6.92. The van der Waals surface area contributed by atoms with E-state index >= 15 is 4.39 Å². The van der Waals surface area contributed by atoms with E-state index in [0.717, 1.165) is 11.1 Å². The van der Waals surface area contributed by atoms with E-state index in [-0.39, 0.29) is 11.6 Å². The van der Waals surface area contributed by atoms with Crippen molar-refractivity contribution in [1.82, 2.24) is 29.8 Å². The first-order valence-electron chi connectivity index (χ1n) is 14.9. The van der Waals surface area contributed by atoms with E-state index in [0.29, 0.717) is 71.7 Å². The summed E-state index contributed by atoms with van der Waals surface area (Å²) in [5, 5.41) is 5.18. The number of halogens is 1. The second kappa shape index (κ2) is 13.3. The van der Waals surface area contributed by atoms with Crippen LogP contribution in [0.25, 0.3) is 33.5 Å². The average molecular weight is 637 g/mol. The zero-order valence-electron chi connectivity index (χ0n) is 26.4. The fourth-order valence-electron chi connectivity index (χ4n) is 4.98. The number of pyridine rings is 1. The van der Waals surface area contributed by atoms with E-state index in [1.54, 1.807) is 63.0 Å². The smallest absolute Gasteiger partial charge is 0.323 e.